The van der Waals surface area contributed by atoms with Gasteiger partial charge in [0, 0.05) is 50.5 Å². The summed E-state index contributed by atoms with van der Waals surface area (Å²) in [7, 11) is 0. The van der Waals surface area contributed by atoms with Crippen LogP contribution in [-0.2, 0) is 20.8 Å². The SMILES string of the molecule is CC(=O)NCCC(=O)N[C@@H](Cc1cnc[nH]1)C(=O)SCCN. The zero-order valence-electron chi connectivity index (χ0n) is 12.4. The van der Waals surface area contributed by atoms with E-state index in [1.54, 1.807) is 6.20 Å². The third-order valence-electron chi connectivity index (χ3n) is 2.69. The number of hydrogen-bond donors (Lipinski definition) is 4. The highest BCUT2D eigenvalue weighted by Gasteiger charge is 2.21. The molecular formula is C13H21N5O3S. The molecule has 0 fully saturated rings. The van der Waals surface area contributed by atoms with Gasteiger partial charge in [-0.3, -0.25) is 14.4 Å². The Labute approximate surface area is 133 Å². The van der Waals surface area contributed by atoms with Crippen molar-refractivity contribution in [3.8, 4) is 0 Å². The van der Waals surface area contributed by atoms with Crippen molar-refractivity contribution in [2.75, 3.05) is 18.8 Å². The zero-order valence-corrected chi connectivity index (χ0v) is 13.2. The number of carbonyl (C=O) groups is 3. The van der Waals surface area contributed by atoms with Gasteiger partial charge in [0.1, 0.15) is 6.04 Å². The van der Waals surface area contributed by atoms with E-state index in [0.29, 0.717) is 18.7 Å². The number of nitrogens with two attached hydrogens (primary N) is 1. The molecule has 1 aromatic heterocycles. The summed E-state index contributed by atoms with van der Waals surface area (Å²) in [5, 5.41) is 5.08. The second-order valence-corrected chi connectivity index (χ2v) is 5.69. The number of aromatic nitrogens is 2. The molecule has 22 heavy (non-hydrogen) atoms. The Kier molecular flexibility index (Phi) is 8.23. The Bertz CT molecular complexity index is 492. The summed E-state index contributed by atoms with van der Waals surface area (Å²) in [6.07, 6.45) is 3.58. The molecule has 0 bridgehead atoms. The van der Waals surface area contributed by atoms with Crippen LogP contribution in [0.3, 0.4) is 0 Å². The van der Waals surface area contributed by atoms with Crippen LogP contribution in [0.5, 0.6) is 0 Å². The summed E-state index contributed by atoms with van der Waals surface area (Å²) in [5.41, 5.74) is 6.15. The Morgan fingerprint density at radius 1 is 1.45 bits per heavy atom. The molecule has 0 unspecified atom stereocenters. The Hall–Kier alpha value is -1.87. The van der Waals surface area contributed by atoms with Crippen LogP contribution in [0.1, 0.15) is 19.0 Å². The van der Waals surface area contributed by atoms with Crippen molar-refractivity contribution in [1.82, 2.24) is 20.6 Å². The monoisotopic (exact) mass is 327 g/mol. The van der Waals surface area contributed by atoms with Gasteiger partial charge in [0.25, 0.3) is 0 Å². The van der Waals surface area contributed by atoms with E-state index in [-0.39, 0.29) is 29.9 Å². The van der Waals surface area contributed by atoms with Gasteiger partial charge < -0.3 is 21.4 Å². The van der Waals surface area contributed by atoms with Gasteiger partial charge in [0.2, 0.25) is 16.9 Å². The molecule has 0 aromatic carbocycles. The van der Waals surface area contributed by atoms with Crippen LogP contribution in [0.15, 0.2) is 12.5 Å². The Morgan fingerprint density at radius 2 is 2.23 bits per heavy atom. The van der Waals surface area contributed by atoms with Gasteiger partial charge in [-0.15, -0.1) is 0 Å². The number of rotatable bonds is 9. The number of amides is 2. The number of nitrogens with one attached hydrogen (secondary N) is 3. The molecule has 9 heteroatoms. The number of imidazole rings is 1. The molecule has 2 amide bonds. The van der Waals surface area contributed by atoms with Crippen molar-refractivity contribution in [1.29, 1.82) is 0 Å². The molecule has 1 aromatic rings. The minimum absolute atomic E-state index is 0.119. The van der Waals surface area contributed by atoms with Crippen molar-refractivity contribution in [3.05, 3.63) is 18.2 Å². The normalized spacial score (nSPS) is 11.7. The number of H-pyrrole nitrogens is 1. The lowest BCUT2D eigenvalue weighted by Gasteiger charge is -2.16. The topological polar surface area (TPSA) is 130 Å². The molecule has 0 saturated heterocycles. The summed E-state index contributed by atoms with van der Waals surface area (Å²) >= 11 is 1.09. The van der Waals surface area contributed by atoms with Gasteiger partial charge in [-0.1, -0.05) is 11.8 Å². The molecular weight excluding hydrogens is 306 g/mol. The van der Waals surface area contributed by atoms with Crippen LogP contribution in [-0.4, -0.2) is 51.8 Å². The van der Waals surface area contributed by atoms with Crippen LogP contribution in [0.4, 0.5) is 0 Å². The molecule has 0 spiro atoms. The van der Waals surface area contributed by atoms with E-state index in [4.69, 9.17) is 5.73 Å². The van der Waals surface area contributed by atoms with E-state index in [0.717, 1.165) is 17.5 Å². The first-order chi connectivity index (χ1) is 10.5. The number of aromatic amines is 1. The predicted octanol–water partition coefficient (Wildman–Crippen LogP) is -0.818. The lowest BCUT2D eigenvalue weighted by Crippen LogP contribution is -2.42. The molecule has 5 N–H and O–H groups in total. The van der Waals surface area contributed by atoms with Crippen LogP contribution < -0.4 is 16.4 Å². The first-order valence-corrected chi connectivity index (χ1v) is 7.89. The first kappa shape index (κ1) is 18.2. The van der Waals surface area contributed by atoms with Gasteiger partial charge in [0.15, 0.2) is 0 Å². The highest BCUT2D eigenvalue weighted by molar-refractivity contribution is 8.13. The van der Waals surface area contributed by atoms with Gasteiger partial charge in [0.05, 0.1) is 6.33 Å². The fourth-order valence-electron chi connectivity index (χ4n) is 1.69. The second kappa shape index (κ2) is 9.96. The average Bonchev–Trinajstić information content (AvgIpc) is 2.96. The zero-order chi connectivity index (χ0) is 16.4. The maximum Gasteiger partial charge on any atom is 0.222 e. The van der Waals surface area contributed by atoms with E-state index < -0.39 is 6.04 Å². The molecule has 1 rings (SSSR count). The van der Waals surface area contributed by atoms with Crippen LogP contribution in [0, 0.1) is 0 Å². The highest BCUT2D eigenvalue weighted by Crippen LogP contribution is 2.09. The van der Waals surface area contributed by atoms with E-state index in [9.17, 15) is 14.4 Å². The summed E-state index contributed by atoms with van der Waals surface area (Å²) in [4.78, 5) is 41.6. The Morgan fingerprint density at radius 3 is 2.82 bits per heavy atom. The molecule has 122 valence electrons. The maximum atomic E-state index is 12.1. The van der Waals surface area contributed by atoms with Crippen molar-refractivity contribution in [3.63, 3.8) is 0 Å². The van der Waals surface area contributed by atoms with Crippen molar-refractivity contribution < 1.29 is 14.4 Å². The molecule has 0 radical (unpaired) electrons. The summed E-state index contributed by atoms with van der Waals surface area (Å²) < 4.78 is 0. The molecule has 1 heterocycles. The van der Waals surface area contributed by atoms with Crippen molar-refractivity contribution in [2.45, 2.75) is 25.8 Å². The quantitative estimate of drug-likeness (QED) is 0.469. The lowest BCUT2D eigenvalue weighted by molar-refractivity contribution is -0.125. The van der Waals surface area contributed by atoms with Gasteiger partial charge in [-0.25, -0.2) is 4.98 Å². The van der Waals surface area contributed by atoms with Crippen LogP contribution in [0.25, 0.3) is 0 Å². The molecule has 0 aliphatic carbocycles. The number of carbonyl (C=O) groups excluding carboxylic acids is 3. The lowest BCUT2D eigenvalue weighted by atomic mass is 10.2. The van der Waals surface area contributed by atoms with E-state index >= 15 is 0 Å². The van der Waals surface area contributed by atoms with E-state index in [1.807, 2.05) is 0 Å². The minimum Gasteiger partial charge on any atom is -0.356 e. The third-order valence-corrected chi connectivity index (χ3v) is 3.70. The van der Waals surface area contributed by atoms with Crippen molar-refractivity contribution >= 4 is 28.7 Å². The summed E-state index contributed by atoms with van der Waals surface area (Å²) in [6, 6.07) is -0.651. The van der Waals surface area contributed by atoms with E-state index in [1.165, 1.54) is 13.3 Å². The minimum atomic E-state index is -0.651. The molecule has 1 atom stereocenters. The van der Waals surface area contributed by atoms with Crippen LogP contribution >= 0.6 is 11.8 Å². The molecule has 0 saturated carbocycles. The summed E-state index contributed by atoms with van der Waals surface area (Å²) in [5.74, 6) is 0.0106. The first-order valence-electron chi connectivity index (χ1n) is 6.90. The number of thioether (sulfide) groups is 1. The number of nitrogens with zero attached hydrogens (tertiary/aromatic N) is 1. The van der Waals surface area contributed by atoms with Crippen LogP contribution in [0.2, 0.25) is 0 Å². The fraction of sp³-hybridized carbons (Fsp3) is 0.538. The van der Waals surface area contributed by atoms with Crippen molar-refractivity contribution in [2.24, 2.45) is 5.73 Å². The standard InChI is InChI=1S/C13H21N5O3S/c1-9(19)16-4-2-12(20)18-11(13(21)22-5-3-14)6-10-7-15-8-17-10/h7-8,11H,2-6,14H2,1H3,(H,15,17)(H,16,19)(H,18,20)/t11-/m0/s1. The summed E-state index contributed by atoms with van der Waals surface area (Å²) in [6.45, 7) is 2.01. The number of hydrogen-bond acceptors (Lipinski definition) is 6. The van der Waals surface area contributed by atoms with Gasteiger partial charge in [-0.2, -0.15) is 0 Å². The van der Waals surface area contributed by atoms with Gasteiger partial charge >= 0.3 is 0 Å². The molecule has 0 aliphatic rings. The maximum absolute atomic E-state index is 12.1. The average molecular weight is 327 g/mol. The molecule has 0 aliphatic heterocycles. The predicted molar refractivity (Wildman–Crippen MR) is 84.0 cm³/mol. The largest absolute Gasteiger partial charge is 0.356 e. The second-order valence-electron chi connectivity index (χ2n) is 4.59. The molecule has 8 nitrogen and oxygen atoms in total. The smallest absolute Gasteiger partial charge is 0.222 e. The third kappa shape index (κ3) is 7.23. The fourth-order valence-corrected chi connectivity index (χ4v) is 2.35. The highest BCUT2D eigenvalue weighted by atomic mass is 32.2. The Balaban J connectivity index is 2.54. The van der Waals surface area contributed by atoms with Gasteiger partial charge in [-0.05, 0) is 0 Å². The van der Waals surface area contributed by atoms with E-state index in [2.05, 4.69) is 20.6 Å².